The molecule has 3 heterocycles. The van der Waals surface area contributed by atoms with Crippen molar-refractivity contribution in [2.75, 3.05) is 5.32 Å². The quantitative estimate of drug-likeness (QED) is 0.310. The van der Waals surface area contributed by atoms with Gasteiger partial charge in [-0.1, -0.05) is 71.0 Å². The van der Waals surface area contributed by atoms with Crippen molar-refractivity contribution in [3.63, 3.8) is 0 Å². The van der Waals surface area contributed by atoms with E-state index in [9.17, 15) is 19.6 Å². The maximum absolute atomic E-state index is 13.7. The summed E-state index contributed by atoms with van der Waals surface area (Å²) in [5, 5.41) is 20.8. The summed E-state index contributed by atoms with van der Waals surface area (Å²) in [6.45, 7) is 1.80. The number of thiazole rings is 1. The molecule has 6 rings (SSSR count). The van der Waals surface area contributed by atoms with Crippen LogP contribution in [-0.4, -0.2) is 30.0 Å². The SMILES string of the molecule is Cc1c(/C=c2/c(=O)s/c(=C(\C#N)c3nnc(NC(=O)c4ccccc4)o3)n2-c2ccccc2)c(=O)n(-c2ccccc2)n1C. The fourth-order valence-electron chi connectivity index (χ4n) is 4.72. The maximum Gasteiger partial charge on any atom is 0.322 e. The van der Waals surface area contributed by atoms with E-state index >= 15 is 0 Å². The first kappa shape index (κ1) is 28.1. The number of aromatic nitrogens is 5. The molecule has 11 nitrogen and oxygen atoms in total. The molecular weight excluding hydrogens is 578 g/mol. The lowest BCUT2D eigenvalue weighted by molar-refractivity contribution is 0.102. The van der Waals surface area contributed by atoms with Crippen molar-refractivity contribution in [1.29, 1.82) is 5.26 Å². The highest BCUT2D eigenvalue weighted by Crippen LogP contribution is 2.15. The van der Waals surface area contributed by atoms with Crippen LogP contribution in [0.4, 0.5) is 6.01 Å². The van der Waals surface area contributed by atoms with Gasteiger partial charge in [-0.2, -0.15) is 5.26 Å². The first-order valence-corrected chi connectivity index (χ1v) is 14.2. The predicted octanol–water partition coefficient (Wildman–Crippen LogP) is 2.88. The smallest absolute Gasteiger partial charge is 0.322 e. The second kappa shape index (κ2) is 11.7. The molecule has 1 N–H and O–H groups in total. The zero-order valence-corrected chi connectivity index (χ0v) is 24.3. The highest BCUT2D eigenvalue weighted by Gasteiger charge is 2.20. The second-order valence-corrected chi connectivity index (χ2v) is 10.6. The molecule has 0 atom stereocenters. The molecule has 0 saturated carbocycles. The number of anilines is 1. The maximum atomic E-state index is 13.7. The van der Waals surface area contributed by atoms with E-state index in [1.54, 1.807) is 83.9 Å². The first-order chi connectivity index (χ1) is 21.4. The Balaban J connectivity index is 1.55. The Morgan fingerprint density at radius 2 is 1.55 bits per heavy atom. The number of amides is 1. The van der Waals surface area contributed by atoms with Crippen molar-refractivity contribution >= 4 is 34.9 Å². The van der Waals surface area contributed by atoms with Crippen LogP contribution < -0.4 is 25.6 Å². The second-order valence-electron chi connectivity index (χ2n) is 9.59. The van der Waals surface area contributed by atoms with Gasteiger partial charge in [-0.15, -0.1) is 5.10 Å². The van der Waals surface area contributed by atoms with Gasteiger partial charge < -0.3 is 4.42 Å². The first-order valence-electron chi connectivity index (χ1n) is 13.3. The summed E-state index contributed by atoms with van der Waals surface area (Å²) in [6, 6.07) is 28.5. The number of nitrogens with zero attached hydrogens (tertiary/aromatic N) is 6. The van der Waals surface area contributed by atoms with Crippen LogP contribution in [0.25, 0.3) is 23.0 Å². The number of hydrogen-bond acceptors (Lipinski definition) is 8. The van der Waals surface area contributed by atoms with Gasteiger partial charge in [0.2, 0.25) is 0 Å². The number of nitriles is 1. The summed E-state index contributed by atoms with van der Waals surface area (Å²) in [5.74, 6) is -0.649. The number of carbonyl (C=O) groups excluding carboxylic acids is 1. The number of nitrogens with one attached hydrogen (secondary N) is 1. The van der Waals surface area contributed by atoms with Gasteiger partial charge in [0.1, 0.15) is 16.1 Å². The molecule has 12 heteroatoms. The van der Waals surface area contributed by atoms with E-state index in [-0.39, 0.29) is 37.8 Å². The van der Waals surface area contributed by atoms with Crippen molar-refractivity contribution in [2.45, 2.75) is 6.92 Å². The number of carbonyl (C=O) groups is 1. The van der Waals surface area contributed by atoms with Gasteiger partial charge in [0.15, 0.2) is 5.57 Å². The van der Waals surface area contributed by atoms with Gasteiger partial charge in [-0.3, -0.25) is 28.9 Å². The lowest BCUT2D eigenvalue weighted by atomic mass is 10.2. The van der Waals surface area contributed by atoms with Crippen molar-refractivity contribution in [2.24, 2.45) is 7.05 Å². The van der Waals surface area contributed by atoms with E-state index in [0.29, 0.717) is 28.2 Å². The van der Waals surface area contributed by atoms with E-state index in [4.69, 9.17) is 4.42 Å². The highest BCUT2D eigenvalue weighted by molar-refractivity contribution is 7.07. The van der Waals surface area contributed by atoms with Gasteiger partial charge in [-0.25, -0.2) is 4.68 Å². The minimum Gasteiger partial charge on any atom is -0.402 e. The molecule has 0 bridgehead atoms. The molecule has 3 aromatic carbocycles. The van der Waals surface area contributed by atoms with Crippen LogP contribution in [0.3, 0.4) is 0 Å². The minimum absolute atomic E-state index is 0.0743. The van der Waals surface area contributed by atoms with Crippen molar-refractivity contribution in [1.82, 2.24) is 24.1 Å². The van der Waals surface area contributed by atoms with E-state index in [1.165, 1.54) is 4.68 Å². The third-order valence-corrected chi connectivity index (χ3v) is 7.93. The fraction of sp³-hybridized carbons (Fsp3) is 0.0625. The van der Waals surface area contributed by atoms with Crippen LogP contribution in [0.15, 0.2) is 105 Å². The normalized spacial score (nSPS) is 12.2. The molecule has 44 heavy (non-hydrogen) atoms. The zero-order valence-electron chi connectivity index (χ0n) is 23.5. The van der Waals surface area contributed by atoms with Gasteiger partial charge in [0.05, 0.1) is 11.3 Å². The summed E-state index contributed by atoms with van der Waals surface area (Å²) in [5.41, 5.74) is 2.23. The Bertz CT molecular complexity index is 2290. The molecule has 0 fully saturated rings. The Labute approximate surface area is 253 Å². The lowest BCUT2D eigenvalue weighted by Crippen LogP contribution is -2.32. The van der Waals surface area contributed by atoms with Crippen molar-refractivity contribution < 1.29 is 9.21 Å². The summed E-state index contributed by atoms with van der Waals surface area (Å²) < 4.78 is 10.3. The topological polar surface area (TPSA) is 141 Å². The Hall–Kier alpha value is -6.06. The highest BCUT2D eigenvalue weighted by atomic mass is 32.1. The number of para-hydroxylation sites is 2. The van der Waals surface area contributed by atoms with Crippen molar-refractivity contribution in [3.05, 3.63) is 144 Å². The van der Waals surface area contributed by atoms with Gasteiger partial charge in [0, 0.05) is 24.0 Å². The monoisotopic (exact) mass is 601 g/mol. The molecule has 1 amide bonds. The van der Waals surface area contributed by atoms with Gasteiger partial charge in [-0.05, 0) is 49.4 Å². The molecule has 0 aliphatic carbocycles. The average molecular weight is 602 g/mol. The van der Waals surface area contributed by atoms with E-state index in [0.717, 1.165) is 11.3 Å². The Kier molecular flexibility index (Phi) is 7.45. The molecule has 3 aromatic heterocycles. The molecule has 0 aliphatic heterocycles. The lowest BCUT2D eigenvalue weighted by Gasteiger charge is -2.07. The molecule has 0 unspecified atom stereocenters. The van der Waals surface area contributed by atoms with Crippen molar-refractivity contribution in [3.8, 4) is 17.4 Å². The van der Waals surface area contributed by atoms with Crippen LogP contribution in [0.1, 0.15) is 27.5 Å². The predicted molar refractivity (Wildman–Crippen MR) is 165 cm³/mol. The van der Waals surface area contributed by atoms with Crippen LogP contribution in [0.5, 0.6) is 0 Å². The number of hydrogen-bond donors (Lipinski definition) is 1. The summed E-state index contributed by atoms with van der Waals surface area (Å²) in [6.07, 6.45) is 1.54. The number of benzene rings is 3. The number of rotatable bonds is 6. The molecule has 0 saturated heterocycles. The largest absolute Gasteiger partial charge is 0.402 e. The molecule has 216 valence electrons. The van der Waals surface area contributed by atoms with E-state index < -0.39 is 5.91 Å². The Morgan fingerprint density at radius 3 is 2.18 bits per heavy atom. The molecular formula is C32H23N7O4S. The standard InChI is InChI=1S/C32H23N7O4S/c1-20-24(29(41)39(37(20)2)23-16-10-5-11-17-23)18-26-31(42)44-30(38(26)22-14-8-4-9-15-22)25(19-33)28-35-36-32(43-28)34-27(40)21-12-6-3-7-13-21/h3-18H,1-2H3,(H,34,36,40)/b26-18-,30-25+. The van der Waals surface area contributed by atoms with E-state index in [2.05, 4.69) is 21.6 Å². The molecule has 0 aliphatic rings. The summed E-state index contributed by atoms with van der Waals surface area (Å²) >= 11 is 0.808. The third kappa shape index (κ3) is 5.08. The van der Waals surface area contributed by atoms with Gasteiger partial charge in [0.25, 0.3) is 22.1 Å². The average Bonchev–Trinajstić information content (AvgIpc) is 3.70. The third-order valence-electron chi connectivity index (χ3n) is 6.96. The molecule has 0 radical (unpaired) electrons. The minimum atomic E-state index is -0.465. The van der Waals surface area contributed by atoms with Crippen LogP contribution in [0.2, 0.25) is 0 Å². The summed E-state index contributed by atoms with van der Waals surface area (Å²) in [7, 11) is 1.77. The van der Waals surface area contributed by atoms with Crippen LogP contribution in [0, 0.1) is 18.3 Å². The Morgan fingerprint density at radius 1 is 0.932 bits per heavy atom. The van der Waals surface area contributed by atoms with Crippen LogP contribution in [-0.2, 0) is 7.05 Å². The van der Waals surface area contributed by atoms with Gasteiger partial charge >= 0.3 is 6.01 Å². The fourth-order valence-corrected chi connectivity index (χ4v) is 5.68. The molecule has 0 spiro atoms. The molecule has 6 aromatic rings. The van der Waals surface area contributed by atoms with Crippen LogP contribution >= 0.6 is 11.3 Å². The summed E-state index contributed by atoms with van der Waals surface area (Å²) in [4.78, 5) is 39.8. The zero-order chi connectivity index (χ0) is 30.8. The van der Waals surface area contributed by atoms with E-state index in [1.807, 2.05) is 36.4 Å².